The van der Waals surface area contributed by atoms with Crippen LogP contribution in [0.1, 0.15) is 32.3 Å². The van der Waals surface area contributed by atoms with Gasteiger partial charge in [-0.15, -0.1) is 0 Å². The van der Waals surface area contributed by atoms with Crippen LogP contribution >= 0.6 is 0 Å². The molecule has 0 radical (unpaired) electrons. The third-order valence-corrected chi connectivity index (χ3v) is 3.41. The smallest absolute Gasteiger partial charge is 0.0377 e. The molecule has 1 aromatic rings. The molecule has 1 heterocycles. The lowest BCUT2D eigenvalue weighted by Gasteiger charge is -2.35. The Bertz CT molecular complexity index is 306. The average molecular weight is 175 g/mol. The fourth-order valence-corrected chi connectivity index (χ4v) is 2.12. The zero-order chi connectivity index (χ0) is 9.42. The number of fused-ring (bicyclic) bond motifs is 1. The van der Waals surface area contributed by atoms with Crippen molar-refractivity contribution in [3.8, 4) is 0 Å². The predicted octanol–water partition coefficient (Wildman–Crippen LogP) is 3.24. The van der Waals surface area contributed by atoms with Crippen LogP contribution in [0.2, 0.25) is 0 Å². The Hall–Kier alpha value is -0.980. The molecule has 2 rings (SSSR count). The molecule has 0 fully saturated rings. The second-order valence-electron chi connectivity index (χ2n) is 4.17. The molecule has 13 heavy (non-hydrogen) atoms. The Morgan fingerprint density at radius 3 is 2.54 bits per heavy atom. The van der Waals surface area contributed by atoms with E-state index in [4.69, 9.17) is 0 Å². The minimum absolute atomic E-state index is 0.588. The lowest BCUT2D eigenvalue weighted by Crippen LogP contribution is -2.32. The van der Waals surface area contributed by atoms with Gasteiger partial charge in [-0.3, -0.25) is 0 Å². The highest BCUT2D eigenvalue weighted by Gasteiger charge is 2.27. The van der Waals surface area contributed by atoms with Gasteiger partial charge in [0.15, 0.2) is 0 Å². The molecule has 70 valence electrons. The molecule has 3 unspecified atom stereocenters. The molecular formula is C12H17N. The van der Waals surface area contributed by atoms with Gasteiger partial charge in [0, 0.05) is 11.7 Å². The van der Waals surface area contributed by atoms with Crippen LogP contribution in [0, 0.1) is 5.92 Å². The van der Waals surface area contributed by atoms with Gasteiger partial charge in [0.1, 0.15) is 0 Å². The highest BCUT2D eigenvalue weighted by molar-refractivity contribution is 5.55. The molecule has 0 aliphatic carbocycles. The van der Waals surface area contributed by atoms with Gasteiger partial charge < -0.3 is 5.32 Å². The van der Waals surface area contributed by atoms with Crippen LogP contribution in [-0.2, 0) is 0 Å². The summed E-state index contributed by atoms with van der Waals surface area (Å²) in [5, 5.41) is 3.54. The van der Waals surface area contributed by atoms with E-state index in [0.29, 0.717) is 12.0 Å². The van der Waals surface area contributed by atoms with Gasteiger partial charge in [0.2, 0.25) is 0 Å². The molecular weight excluding hydrogens is 158 g/mol. The van der Waals surface area contributed by atoms with Crippen molar-refractivity contribution < 1.29 is 0 Å². The van der Waals surface area contributed by atoms with Gasteiger partial charge in [0.25, 0.3) is 0 Å². The molecule has 1 aliphatic rings. The number of para-hydroxylation sites is 1. The third kappa shape index (κ3) is 1.32. The Labute approximate surface area is 80.2 Å². The Kier molecular flexibility index (Phi) is 2.03. The Balaban J connectivity index is 2.43. The van der Waals surface area contributed by atoms with Gasteiger partial charge in [-0.2, -0.15) is 0 Å². The Morgan fingerprint density at radius 1 is 1.08 bits per heavy atom. The number of rotatable bonds is 0. The summed E-state index contributed by atoms with van der Waals surface area (Å²) in [5.41, 5.74) is 2.79. The van der Waals surface area contributed by atoms with Crippen LogP contribution < -0.4 is 5.32 Å². The van der Waals surface area contributed by atoms with Gasteiger partial charge in [0.05, 0.1) is 0 Å². The first-order chi connectivity index (χ1) is 6.20. The first-order valence-corrected chi connectivity index (χ1v) is 5.05. The molecule has 1 aromatic carbocycles. The van der Waals surface area contributed by atoms with E-state index in [9.17, 15) is 0 Å². The summed E-state index contributed by atoms with van der Waals surface area (Å²) < 4.78 is 0. The summed E-state index contributed by atoms with van der Waals surface area (Å²) in [6, 6.07) is 9.22. The number of benzene rings is 1. The average Bonchev–Trinajstić information content (AvgIpc) is 2.15. The SMILES string of the molecule is CC1Nc2ccccc2C(C)C1C. The van der Waals surface area contributed by atoms with Crippen molar-refractivity contribution >= 4 is 5.69 Å². The minimum atomic E-state index is 0.588. The predicted molar refractivity (Wildman–Crippen MR) is 57.1 cm³/mol. The molecule has 0 saturated heterocycles. The highest BCUT2D eigenvalue weighted by Crippen LogP contribution is 2.37. The maximum absolute atomic E-state index is 3.54. The minimum Gasteiger partial charge on any atom is -0.382 e. The molecule has 1 nitrogen and oxygen atoms in total. The second-order valence-corrected chi connectivity index (χ2v) is 4.17. The molecule has 0 amide bonds. The van der Waals surface area contributed by atoms with Crippen LogP contribution in [0.5, 0.6) is 0 Å². The highest BCUT2D eigenvalue weighted by atomic mass is 14.9. The summed E-state index contributed by atoms with van der Waals surface area (Å²) in [5.74, 6) is 1.39. The fraction of sp³-hybridized carbons (Fsp3) is 0.500. The lowest BCUT2D eigenvalue weighted by atomic mass is 9.80. The fourth-order valence-electron chi connectivity index (χ4n) is 2.12. The second kappa shape index (κ2) is 3.06. The van der Waals surface area contributed by atoms with Crippen molar-refractivity contribution in [2.75, 3.05) is 5.32 Å². The molecule has 1 N–H and O–H groups in total. The van der Waals surface area contributed by atoms with E-state index in [0.717, 1.165) is 5.92 Å². The van der Waals surface area contributed by atoms with Crippen LogP contribution in [0.3, 0.4) is 0 Å². The summed E-state index contributed by atoms with van der Waals surface area (Å²) in [7, 11) is 0. The van der Waals surface area contributed by atoms with Crippen molar-refractivity contribution in [1.29, 1.82) is 0 Å². The molecule has 1 aliphatic heterocycles. The van der Waals surface area contributed by atoms with E-state index in [2.05, 4.69) is 50.4 Å². The quantitative estimate of drug-likeness (QED) is 0.638. The maximum atomic E-state index is 3.54. The van der Waals surface area contributed by atoms with Crippen molar-refractivity contribution in [3.05, 3.63) is 29.8 Å². The van der Waals surface area contributed by atoms with E-state index >= 15 is 0 Å². The molecule has 0 spiro atoms. The topological polar surface area (TPSA) is 12.0 Å². The zero-order valence-corrected chi connectivity index (χ0v) is 8.54. The number of nitrogens with one attached hydrogen (secondary N) is 1. The van der Waals surface area contributed by atoms with E-state index in [-0.39, 0.29) is 0 Å². The number of hydrogen-bond donors (Lipinski definition) is 1. The number of hydrogen-bond acceptors (Lipinski definition) is 1. The largest absolute Gasteiger partial charge is 0.382 e. The molecule has 0 bridgehead atoms. The van der Waals surface area contributed by atoms with Gasteiger partial charge in [-0.1, -0.05) is 32.0 Å². The van der Waals surface area contributed by atoms with Crippen molar-refractivity contribution in [2.45, 2.75) is 32.7 Å². The standard InChI is InChI=1S/C12H17N/c1-8-9(2)11-6-4-5-7-12(11)13-10(8)3/h4-10,13H,1-3H3. The summed E-state index contributed by atoms with van der Waals surface area (Å²) in [6.45, 7) is 6.90. The zero-order valence-electron chi connectivity index (χ0n) is 8.54. The first-order valence-electron chi connectivity index (χ1n) is 5.05. The summed E-state index contributed by atoms with van der Waals surface area (Å²) in [6.07, 6.45) is 0. The van der Waals surface area contributed by atoms with Crippen molar-refractivity contribution in [2.24, 2.45) is 5.92 Å². The van der Waals surface area contributed by atoms with Crippen LogP contribution in [0.4, 0.5) is 5.69 Å². The third-order valence-electron chi connectivity index (χ3n) is 3.41. The monoisotopic (exact) mass is 175 g/mol. The van der Waals surface area contributed by atoms with Crippen molar-refractivity contribution in [1.82, 2.24) is 0 Å². The lowest BCUT2D eigenvalue weighted by molar-refractivity contribution is 0.420. The molecule has 3 atom stereocenters. The molecule has 1 heteroatoms. The molecule has 0 aromatic heterocycles. The van der Waals surface area contributed by atoms with Gasteiger partial charge in [-0.25, -0.2) is 0 Å². The maximum Gasteiger partial charge on any atom is 0.0377 e. The summed E-state index contributed by atoms with van der Waals surface area (Å²) >= 11 is 0. The Morgan fingerprint density at radius 2 is 1.77 bits per heavy atom. The number of anilines is 1. The van der Waals surface area contributed by atoms with E-state index in [1.54, 1.807) is 0 Å². The summed E-state index contributed by atoms with van der Waals surface area (Å²) in [4.78, 5) is 0. The van der Waals surface area contributed by atoms with E-state index in [1.807, 2.05) is 0 Å². The van der Waals surface area contributed by atoms with Crippen LogP contribution in [0.15, 0.2) is 24.3 Å². The van der Waals surface area contributed by atoms with Crippen molar-refractivity contribution in [3.63, 3.8) is 0 Å². The van der Waals surface area contributed by atoms with Gasteiger partial charge in [-0.05, 0) is 30.4 Å². The molecule has 0 saturated carbocycles. The van der Waals surface area contributed by atoms with E-state index < -0.39 is 0 Å². The van der Waals surface area contributed by atoms with Gasteiger partial charge >= 0.3 is 0 Å². The first kappa shape index (κ1) is 8.61. The van der Waals surface area contributed by atoms with E-state index in [1.165, 1.54) is 11.3 Å². The van der Waals surface area contributed by atoms with Crippen LogP contribution in [-0.4, -0.2) is 6.04 Å². The van der Waals surface area contributed by atoms with Crippen LogP contribution in [0.25, 0.3) is 0 Å². The normalized spacial score (nSPS) is 32.1.